The molecule has 3 heteroatoms. The van der Waals surface area contributed by atoms with Gasteiger partial charge in [0, 0.05) is 14.0 Å². The SMILES string of the molecule is CC(=O)N(C)CS. The summed E-state index contributed by atoms with van der Waals surface area (Å²) in [5.74, 6) is 0.546. The van der Waals surface area contributed by atoms with E-state index in [1.165, 1.54) is 11.8 Å². The van der Waals surface area contributed by atoms with Gasteiger partial charge in [-0.3, -0.25) is 4.79 Å². The molecule has 0 aromatic carbocycles. The molecule has 2 nitrogen and oxygen atoms in total. The Hall–Kier alpha value is -0.180. The van der Waals surface area contributed by atoms with E-state index in [0.29, 0.717) is 5.88 Å². The fourth-order valence-corrected chi connectivity index (χ4v) is 0.299. The van der Waals surface area contributed by atoms with Gasteiger partial charge in [-0.25, -0.2) is 0 Å². The maximum absolute atomic E-state index is 10.3. The Morgan fingerprint density at radius 3 is 2.29 bits per heavy atom. The van der Waals surface area contributed by atoms with Gasteiger partial charge in [-0.15, -0.1) is 0 Å². The first-order valence-corrected chi connectivity index (χ1v) is 2.64. The lowest BCUT2D eigenvalue weighted by atomic mass is 10.6. The quantitative estimate of drug-likeness (QED) is 0.390. The molecule has 0 spiro atoms. The van der Waals surface area contributed by atoms with Crippen molar-refractivity contribution in [3.05, 3.63) is 0 Å². The van der Waals surface area contributed by atoms with Gasteiger partial charge in [0.25, 0.3) is 0 Å². The smallest absolute Gasteiger partial charge is 0.219 e. The van der Waals surface area contributed by atoms with Crippen LogP contribution >= 0.6 is 12.6 Å². The fraction of sp³-hybridized carbons (Fsp3) is 0.750. The maximum atomic E-state index is 10.3. The molecule has 0 aliphatic rings. The molecule has 0 fully saturated rings. The summed E-state index contributed by atoms with van der Waals surface area (Å²) < 4.78 is 0. The summed E-state index contributed by atoms with van der Waals surface area (Å²) in [5.41, 5.74) is 0. The van der Waals surface area contributed by atoms with Crippen molar-refractivity contribution >= 4 is 18.5 Å². The Kier molecular flexibility index (Phi) is 2.83. The zero-order chi connectivity index (χ0) is 5.86. The largest absolute Gasteiger partial charge is 0.337 e. The zero-order valence-corrected chi connectivity index (χ0v) is 5.40. The van der Waals surface area contributed by atoms with Crippen LogP contribution in [0.25, 0.3) is 0 Å². The van der Waals surface area contributed by atoms with E-state index in [1.54, 1.807) is 7.05 Å². The first-order chi connectivity index (χ1) is 3.18. The van der Waals surface area contributed by atoms with Gasteiger partial charge in [-0.2, -0.15) is 12.6 Å². The van der Waals surface area contributed by atoms with Gasteiger partial charge < -0.3 is 4.90 Å². The molecule has 0 radical (unpaired) electrons. The number of carbonyl (C=O) groups is 1. The van der Waals surface area contributed by atoms with Crippen molar-refractivity contribution in [2.45, 2.75) is 6.92 Å². The molecule has 0 aliphatic heterocycles. The molecule has 0 atom stereocenters. The second kappa shape index (κ2) is 2.91. The lowest BCUT2D eigenvalue weighted by Gasteiger charge is -2.08. The van der Waals surface area contributed by atoms with Crippen LogP contribution in [0.2, 0.25) is 0 Å². The van der Waals surface area contributed by atoms with Crippen LogP contribution in [0.3, 0.4) is 0 Å². The summed E-state index contributed by atoms with van der Waals surface area (Å²) in [6, 6.07) is 0. The third kappa shape index (κ3) is 2.51. The molecule has 0 saturated heterocycles. The average molecular weight is 119 g/mol. The first kappa shape index (κ1) is 6.82. The van der Waals surface area contributed by atoms with Gasteiger partial charge in [0.15, 0.2) is 0 Å². The van der Waals surface area contributed by atoms with Crippen molar-refractivity contribution in [3.8, 4) is 0 Å². The number of nitrogens with zero attached hydrogens (tertiary/aromatic N) is 1. The summed E-state index contributed by atoms with van der Waals surface area (Å²) in [7, 11) is 1.70. The van der Waals surface area contributed by atoms with E-state index in [2.05, 4.69) is 12.6 Å². The van der Waals surface area contributed by atoms with Gasteiger partial charge in [0.1, 0.15) is 0 Å². The third-order valence-electron chi connectivity index (χ3n) is 0.750. The molecule has 0 aromatic rings. The van der Waals surface area contributed by atoms with E-state index < -0.39 is 0 Å². The number of hydrogen-bond donors (Lipinski definition) is 1. The van der Waals surface area contributed by atoms with Crippen molar-refractivity contribution in [1.82, 2.24) is 4.90 Å². The molecular formula is C4H9NOS. The van der Waals surface area contributed by atoms with Crippen LogP contribution in [0.5, 0.6) is 0 Å². The third-order valence-corrected chi connectivity index (χ3v) is 1.17. The molecule has 0 heterocycles. The standard InChI is InChI=1S/C4H9NOS/c1-4(6)5(2)3-7/h7H,3H2,1-2H3. The summed E-state index contributed by atoms with van der Waals surface area (Å²) >= 11 is 3.86. The molecule has 0 aromatic heterocycles. The van der Waals surface area contributed by atoms with Crippen LogP contribution in [0.15, 0.2) is 0 Å². The number of rotatable bonds is 1. The minimum Gasteiger partial charge on any atom is -0.337 e. The lowest BCUT2D eigenvalue weighted by molar-refractivity contribution is -0.126. The fourth-order valence-electron chi connectivity index (χ4n) is 0.0996. The molecule has 0 unspecified atom stereocenters. The molecule has 0 bridgehead atoms. The van der Waals surface area contributed by atoms with Gasteiger partial charge in [-0.05, 0) is 0 Å². The van der Waals surface area contributed by atoms with Crippen molar-refractivity contribution in [2.75, 3.05) is 12.9 Å². The summed E-state index contributed by atoms with van der Waals surface area (Å²) in [6.07, 6.45) is 0. The highest BCUT2D eigenvalue weighted by Crippen LogP contribution is 1.83. The Morgan fingerprint density at radius 1 is 1.86 bits per heavy atom. The number of thiol groups is 1. The van der Waals surface area contributed by atoms with Crippen molar-refractivity contribution < 1.29 is 4.79 Å². The molecular weight excluding hydrogens is 110 g/mol. The molecule has 7 heavy (non-hydrogen) atoms. The number of carbonyl (C=O) groups excluding carboxylic acids is 1. The van der Waals surface area contributed by atoms with E-state index >= 15 is 0 Å². The monoisotopic (exact) mass is 119 g/mol. The summed E-state index contributed by atoms with van der Waals surface area (Å²) in [5, 5.41) is 0. The number of amides is 1. The molecule has 0 saturated carbocycles. The summed E-state index contributed by atoms with van der Waals surface area (Å²) in [4.78, 5) is 11.8. The predicted octanol–water partition coefficient (Wildman–Crippen LogP) is 0.352. The molecule has 1 amide bonds. The van der Waals surface area contributed by atoms with Crippen molar-refractivity contribution in [1.29, 1.82) is 0 Å². The van der Waals surface area contributed by atoms with Gasteiger partial charge in [-0.1, -0.05) is 0 Å². The highest BCUT2D eigenvalue weighted by atomic mass is 32.1. The molecule has 42 valence electrons. The molecule has 0 N–H and O–H groups in total. The van der Waals surface area contributed by atoms with Crippen LogP contribution in [-0.2, 0) is 4.79 Å². The lowest BCUT2D eigenvalue weighted by Crippen LogP contribution is -2.21. The van der Waals surface area contributed by atoms with Crippen LogP contribution in [0.4, 0.5) is 0 Å². The second-order valence-electron chi connectivity index (χ2n) is 1.36. The van der Waals surface area contributed by atoms with E-state index in [0.717, 1.165) is 0 Å². The Morgan fingerprint density at radius 2 is 2.29 bits per heavy atom. The van der Waals surface area contributed by atoms with Crippen LogP contribution in [0, 0.1) is 0 Å². The average Bonchev–Trinajstić information content (AvgIpc) is 1.65. The minimum atomic E-state index is 0.0509. The second-order valence-corrected chi connectivity index (χ2v) is 1.64. The van der Waals surface area contributed by atoms with Crippen molar-refractivity contribution in [3.63, 3.8) is 0 Å². The highest BCUT2D eigenvalue weighted by molar-refractivity contribution is 7.80. The first-order valence-electron chi connectivity index (χ1n) is 2.01. The van der Waals surface area contributed by atoms with E-state index in [-0.39, 0.29) is 5.91 Å². The molecule has 0 aliphatic carbocycles. The van der Waals surface area contributed by atoms with Gasteiger partial charge in [0.2, 0.25) is 5.91 Å². The van der Waals surface area contributed by atoms with Crippen LogP contribution in [0.1, 0.15) is 6.92 Å². The number of hydrogen-bond acceptors (Lipinski definition) is 2. The predicted molar refractivity (Wildman–Crippen MR) is 32.3 cm³/mol. The summed E-state index contributed by atoms with van der Waals surface area (Å²) in [6.45, 7) is 1.51. The van der Waals surface area contributed by atoms with Gasteiger partial charge >= 0.3 is 0 Å². The van der Waals surface area contributed by atoms with Crippen molar-refractivity contribution in [2.24, 2.45) is 0 Å². The Balaban J connectivity index is 3.34. The molecule has 0 rings (SSSR count). The Bertz CT molecular complexity index is 74.1. The zero-order valence-electron chi connectivity index (χ0n) is 4.51. The highest BCUT2D eigenvalue weighted by Gasteiger charge is 1.94. The van der Waals surface area contributed by atoms with Crippen LogP contribution in [-0.4, -0.2) is 23.7 Å². The Labute approximate surface area is 48.9 Å². The maximum Gasteiger partial charge on any atom is 0.219 e. The normalized spacial score (nSPS) is 8.43. The van der Waals surface area contributed by atoms with E-state index in [9.17, 15) is 4.79 Å². The topological polar surface area (TPSA) is 20.3 Å². The van der Waals surface area contributed by atoms with E-state index in [1.807, 2.05) is 0 Å². The van der Waals surface area contributed by atoms with Crippen LogP contribution < -0.4 is 0 Å². The minimum absolute atomic E-state index is 0.0509. The van der Waals surface area contributed by atoms with E-state index in [4.69, 9.17) is 0 Å². The van der Waals surface area contributed by atoms with Gasteiger partial charge in [0.05, 0.1) is 5.88 Å².